The Labute approximate surface area is 124 Å². The molecule has 1 amide bonds. The van der Waals surface area contributed by atoms with Gasteiger partial charge in [-0.2, -0.15) is 0 Å². The summed E-state index contributed by atoms with van der Waals surface area (Å²) in [6.07, 6.45) is 4.83. The number of rotatable bonds is 4. The van der Waals surface area contributed by atoms with E-state index >= 15 is 0 Å². The topological polar surface area (TPSA) is 73.3 Å². The molecule has 6 heteroatoms. The molecule has 1 N–H and O–H groups in total. The highest BCUT2D eigenvalue weighted by molar-refractivity contribution is 5.83. The predicted molar refractivity (Wildman–Crippen MR) is 75.8 cm³/mol. The average Bonchev–Trinajstić information content (AvgIpc) is 3.06. The molecule has 0 saturated carbocycles. The lowest BCUT2D eigenvalue weighted by molar-refractivity contribution is -0.133. The minimum Gasteiger partial charge on any atom is -0.480 e. The highest BCUT2D eigenvalue weighted by Crippen LogP contribution is 2.47. The number of nitrogens with one attached hydrogen (secondary N) is 1. The van der Waals surface area contributed by atoms with Crippen molar-refractivity contribution >= 4 is 5.91 Å². The number of fused-ring (bicyclic) bond motifs is 2. The normalized spacial score (nSPS) is 30.4. The zero-order chi connectivity index (χ0) is 15.0. The van der Waals surface area contributed by atoms with Crippen LogP contribution in [0.25, 0.3) is 0 Å². The van der Waals surface area contributed by atoms with Gasteiger partial charge in [-0.05, 0) is 33.1 Å². The molecule has 21 heavy (non-hydrogen) atoms. The highest BCUT2D eigenvalue weighted by Gasteiger charge is 2.53. The predicted octanol–water partition coefficient (Wildman–Crippen LogP) is 1.37. The summed E-state index contributed by atoms with van der Waals surface area (Å²) in [6, 6.07) is 0. The minimum atomic E-state index is -0.422. The number of carbonyl (C=O) groups excluding carboxylic acids is 1. The van der Waals surface area contributed by atoms with Crippen LogP contribution in [-0.4, -0.2) is 35.2 Å². The number of carbonyl (C=O) groups is 1. The molecule has 2 aliphatic rings. The van der Waals surface area contributed by atoms with E-state index in [1.807, 2.05) is 13.8 Å². The average molecular weight is 291 g/mol. The van der Waals surface area contributed by atoms with E-state index in [2.05, 4.69) is 15.3 Å². The summed E-state index contributed by atoms with van der Waals surface area (Å²) in [6.45, 7) is 4.16. The second-order valence-corrected chi connectivity index (χ2v) is 6.10. The summed E-state index contributed by atoms with van der Waals surface area (Å²) in [5.41, 5.74) is 1.01. The Hall–Kier alpha value is -1.69. The number of aryl methyl sites for hydroxylation is 1. The smallest absolute Gasteiger partial charge is 0.237 e. The molecule has 0 aliphatic carbocycles. The summed E-state index contributed by atoms with van der Waals surface area (Å²) in [7, 11) is 1.56. The Morgan fingerprint density at radius 3 is 3.00 bits per heavy atom. The van der Waals surface area contributed by atoms with Gasteiger partial charge in [0, 0.05) is 6.20 Å². The first-order chi connectivity index (χ1) is 10.0. The first kappa shape index (κ1) is 14.3. The molecule has 2 bridgehead atoms. The van der Waals surface area contributed by atoms with Crippen molar-refractivity contribution in [1.29, 1.82) is 0 Å². The van der Waals surface area contributed by atoms with Crippen molar-refractivity contribution in [2.75, 3.05) is 7.11 Å². The number of amides is 1. The van der Waals surface area contributed by atoms with Gasteiger partial charge in [0.15, 0.2) is 0 Å². The molecule has 2 fully saturated rings. The minimum absolute atomic E-state index is 0.0270. The fourth-order valence-corrected chi connectivity index (χ4v) is 3.30. The van der Waals surface area contributed by atoms with E-state index < -0.39 is 5.41 Å². The van der Waals surface area contributed by atoms with Crippen LogP contribution in [0.3, 0.4) is 0 Å². The Morgan fingerprint density at radius 2 is 2.38 bits per heavy atom. The molecule has 0 radical (unpaired) electrons. The Balaban J connectivity index is 1.67. The van der Waals surface area contributed by atoms with Crippen molar-refractivity contribution in [1.82, 2.24) is 15.3 Å². The first-order valence-corrected chi connectivity index (χ1v) is 7.33. The number of hydrogen-bond donors (Lipinski definition) is 1. The van der Waals surface area contributed by atoms with Gasteiger partial charge >= 0.3 is 0 Å². The molecule has 114 valence electrons. The molecule has 1 aromatic heterocycles. The van der Waals surface area contributed by atoms with Crippen LogP contribution in [0.2, 0.25) is 0 Å². The van der Waals surface area contributed by atoms with Gasteiger partial charge in [-0.1, -0.05) is 0 Å². The molecule has 6 nitrogen and oxygen atoms in total. The van der Waals surface area contributed by atoms with E-state index in [0.29, 0.717) is 18.1 Å². The third kappa shape index (κ3) is 2.48. The van der Waals surface area contributed by atoms with Crippen molar-refractivity contribution in [2.24, 2.45) is 5.41 Å². The van der Waals surface area contributed by atoms with E-state index in [9.17, 15) is 4.79 Å². The maximum absolute atomic E-state index is 12.5. The van der Waals surface area contributed by atoms with Crippen molar-refractivity contribution in [2.45, 2.75) is 51.9 Å². The van der Waals surface area contributed by atoms with Gasteiger partial charge in [0.05, 0.1) is 37.0 Å². The highest BCUT2D eigenvalue weighted by atomic mass is 16.5. The molecule has 3 rings (SSSR count). The second kappa shape index (κ2) is 5.26. The van der Waals surface area contributed by atoms with Gasteiger partial charge in [0.1, 0.15) is 5.69 Å². The maximum atomic E-state index is 12.5. The third-order valence-corrected chi connectivity index (χ3v) is 4.53. The molecular weight excluding hydrogens is 270 g/mol. The van der Waals surface area contributed by atoms with Gasteiger partial charge in [-0.3, -0.25) is 9.78 Å². The van der Waals surface area contributed by atoms with E-state index in [0.717, 1.165) is 25.0 Å². The largest absolute Gasteiger partial charge is 0.480 e. The Kier molecular flexibility index (Phi) is 3.57. The standard InChI is InChI=1S/C15H21N3O3/c1-9-7-16-11(13(18-9)20-3)8-17-14(19)15(2)6-10-4-5-12(15)21-10/h7,10,12H,4-6,8H2,1-3H3,(H,17,19). The lowest BCUT2D eigenvalue weighted by Gasteiger charge is -2.29. The van der Waals surface area contributed by atoms with Crippen molar-refractivity contribution < 1.29 is 14.3 Å². The molecule has 0 aromatic carbocycles. The second-order valence-electron chi connectivity index (χ2n) is 6.10. The zero-order valence-corrected chi connectivity index (χ0v) is 12.7. The molecule has 2 aliphatic heterocycles. The summed E-state index contributed by atoms with van der Waals surface area (Å²) in [5.74, 6) is 0.490. The van der Waals surface area contributed by atoms with Crippen LogP contribution in [0, 0.1) is 12.3 Å². The number of nitrogens with zero attached hydrogens (tertiary/aromatic N) is 2. The molecule has 3 atom stereocenters. The van der Waals surface area contributed by atoms with E-state index in [1.165, 1.54) is 0 Å². The van der Waals surface area contributed by atoms with Crippen molar-refractivity contribution in [3.8, 4) is 5.88 Å². The molecular formula is C15H21N3O3. The van der Waals surface area contributed by atoms with E-state index in [4.69, 9.17) is 9.47 Å². The van der Waals surface area contributed by atoms with Crippen LogP contribution in [0.15, 0.2) is 6.20 Å². The van der Waals surface area contributed by atoms with Gasteiger partial charge in [-0.15, -0.1) is 0 Å². The lowest BCUT2D eigenvalue weighted by atomic mass is 9.75. The fourth-order valence-electron chi connectivity index (χ4n) is 3.30. The maximum Gasteiger partial charge on any atom is 0.237 e. The number of aromatic nitrogens is 2. The summed E-state index contributed by atoms with van der Waals surface area (Å²) >= 11 is 0. The molecule has 1 aromatic rings. The van der Waals surface area contributed by atoms with Crippen molar-refractivity contribution in [3.05, 3.63) is 17.6 Å². The van der Waals surface area contributed by atoms with E-state index in [-0.39, 0.29) is 18.1 Å². The summed E-state index contributed by atoms with van der Waals surface area (Å²) in [4.78, 5) is 21.1. The van der Waals surface area contributed by atoms with Gasteiger partial charge in [-0.25, -0.2) is 4.98 Å². The molecule has 0 spiro atoms. The van der Waals surface area contributed by atoms with Gasteiger partial charge < -0.3 is 14.8 Å². The third-order valence-electron chi connectivity index (χ3n) is 4.53. The quantitative estimate of drug-likeness (QED) is 0.907. The molecule has 2 saturated heterocycles. The van der Waals surface area contributed by atoms with Crippen LogP contribution < -0.4 is 10.1 Å². The van der Waals surface area contributed by atoms with Crippen LogP contribution >= 0.6 is 0 Å². The Bertz CT molecular complexity index is 563. The molecule has 3 unspecified atom stereocenters. The zero-order valence-electron chi connectivity index (χ0n) is 12.7. The summed E-state index contributed by atoms with van der Waals surface area (Å²) in [5, 5.41) is 2.96. The van der Waals surface area contributed by atoms with Crippen LogP contribution in [0.4, 0.5) is 0 Å². The van der Waals surface area contributed by atoms with E-state index in [1.54, 1.807) is 13.3 Å². The van der Waals surface area contributed by atoms with Gasteiger partial charge in [0.25, 0.3) is 0 Å². The van der Waals surface area contributed by atoms with Crippen LogP contribution in [0.1, 0.15) is 37.6 Å². The van der Waals surface area contributed by atoms with Gasteiger partial charge in [0.2, 0.25) is 11.8 Å². The first-order valence-electron chi connectivity index (χ1n) is 7.33. The van der Waals surface area contributed by atoms with Crippen molar-refractivity contribution in [3.63, 3.8) is 0 Å². The molecule has 3 heterocycles. The lowest BCUT2D eigenvalue weighted by Crippen LogP contribution is -2.44. The van der Waals surface area contributed by atoms with Crippen LogP contribution in [0.5, 0.6) is 5.88 Å². The number of ether oxygens (including phenoxy) is 2. The number of methoxy groups -OCH3 is 1. The Morgan fingerprint density at radius 1 is 1.57 bits per heavy atom. The monoisotopic (exact) mass is 291 g/mol. The fraction of sp³-hybridized carbons (Fsp3) is 0.667. The van der Waals surface area contributed by atoms with Crippen LogP contribution in [-0.2, 0) is 16.1 Å². The number of hydrogen-bond acceptors (Lipinski definition) is 5. The SMILES string of the molecule is COc1nc(C)cnc1CNC(=O)C1(C)CC2CCC1O2. The summed E-state index contributed by atoms with van der Waals surface area (Å²) < 4.78 is 11.0.